The summed E-state index contributed by atoms with van der Waals surface area (Å²) >= 11 is 0. The second kappa shape index (κ2) is 4.87. The van der Waals surface area contributed by atoms with Gasteiger partial charge in [0.15, 0.2) is 0 Å². The number of rotatable bonds is 4. The van der Waals surface area contributed by atoms with E-state index in [0.29, 0.717) is 19.0 Å². The van der Waals surface area contributed by atoms with Gasteiger partial charge in [-0.3, -0.25) is 9.36 Å². The predicted octanol–water partition coefficient (Wildman–Crippen LogP) is -0.862. The fourth-order valence-corrected chi connectivity index (χ4v) is 2.15. The van der Waals surface area contributed by atoms with Gasteiger partial charge in [0.1, 0.15) is 5.69 Å². The highest BCUT2D eigenvalue weighted by Crippen LogP contribution is 2.18. The molecular formula is C8H14N5O3P. The third-order valence-corrected chi connectivity index (χ3v) is 3.09. The SMILES string of the molecule is NC(=O)c1cn2c(n1)NC(CN[PH](=O)O)CC2. The first kappa shape index (κ1) is 12.1. The number of carbonyl (C=O) groups excluding carboxylic acids is 1. The number of aryl methyl sites for hydroxylation is 1. The van der Waals surface area contributed by atoms with Gasteiger partial charge >= 0.3 is 0 Å². The van der Waals surface area contributed by atoms with E-state index in [9.17, 15) is 9.36 Å². The van der Waals surface area contributed by atoms with Crippen molar-refractivity contribution in [3.63, 3.8) is 0 Å². The maximum absolute atomic E-state index is 11.0. The van der Waals surface area contributed by atoms with Crippen LogP contribution < -0.4 is 16.1 Å². The van der Waals surface area contributed by atoms with Crippen LogP contribution in [0.1, 0.15) is 16.9 Å². The van der Waals surface area contributed by atoms with Crippen LogP contribution in [0, 0.1) is 0 Å². The molecule has 2 atom stereocenters. The lowest BCUT2D eigenvalue weighted by molar-refractivity contribution is 0.0996. The topological polar surface area (TPSA) is 122 Å². The number of imidazole rings is 1. The molecule has 94 valence electrons. The second-order valence-electron chi connectivity index (χ2n) is 3.82. The van der Waals surface area contributed by atoms with Gasteiger partial charge in [0, 0.05) is 25.3 Å². The van der Waals surface area contributed by atoms with E-state index < -0.39 is 14.1 Å². The molecule has 8 nitrogen and oxygen atoms in total. The van der Waals surface area contributed by atoms with Crippen molar-refractivity contribution in [2.45, 2.75) is 19.0 Å². The quantitative estimate of drug-likeness (QED) is 0.522. The van der Waals surface area contributed by atoms with Crippen molar-refractivity contribution in [2.24, 2.45) is 5.73 Å². The van der Waals surface area contributed by atoms with Gasteiger partial charge < -0.3 is 20.5 Å². The molecular weight excluding hydrogens is 245 g/mol. The monoisotopic (exact) mass is 259 g/mol. The average Bonchev–Trinajstić information content (AvgIpc) is 2.69. The fourth-order valence-electron chi connectivity index (χ4n) is 1.73. The number of fused-ring (bicyclic) bond motifs is 1. The Morgan fingerprint density at radius 2 is 2.59 bits per heavy atom. The summed E-state index contributed by atoms with van der Waals surface area (Å²) in [5.74, 6) is -0.00162. The Hall–Kier alpha value is -1.37. The standard InChI is InChI=1S/C8H14N5O3P/c9-7(14)6-4-13-2-1-5(3-10-17(15)16)11-8(13)12-6/h4-5,17H,1-3H2,(H2,9,14)(H,11,12)(H2,10,15,16). The number of anilines is 1. The first-order chi connectivity index (χ1) is 8.06. The van der Waals surface area contributed by atoms with Crippen molar-refractivity contribution < 1.29 is 14.3 Å². The third kappa shape index (κ3) is 2.85. The van der Waals surface area contributed by atoms with E-state index >= 15 is 0 Å². The molecule has 1 aromatic heterocycles. The lowest BCUT2D eigenvalue weighted by atomic mass is 10.2. The van der Waals surface area contributed by atoms with Crippen LogP contribution in [-0.2, 0) is 11.1 Å². The molecule has 0 fully saturated rings. The van der Waals surface area contributed by atoms with Crippen LogP contribution in [0.3, 0.4) is 0 Å². The summed E-state index contributed by atoms with van der Waals surface area (Å²) in [5.41, 5.74) is 5.35. The Balaban J connectivity index is 2.03. The molecule has 0 aromatic carbocycles. The van der Waals surface area contributed by atoms with Crippen LogP contribution in [0.2, 0.25) is 0 Å². The van der Waals surface area contributed by atoms with Crippen LogP contribution in [0.5, 0.6) is 0 Å². The van der Waals surface area contributed by atoms with Crippen LogP contribution in [-0.4, -0.2) is 32.9 Å². The maximum Gasteiger partial charge on any atom is 0.268 e. The molecule has 9 heteroatoms. The minimum atomic E-state index is -2.66. The van der Waals surface area contributed by atoms with Crippen LogP contribution in [0.4, 0.5) is 5.95 Å². The molecule has 0 aliphatic carbocycles. The Morgan fingerprint density at radius 3 is 3.24 bits per heavy atom. The highest BCUT2D eigenvalue weighted by atomic mass is 31.1. The third-order valence-electron chi connectivity index (χ3n) is 2.58. The zero-order chi connectivity index (χ0) is 12.4. The number of nitrogens with zero attached hydrogens (tertiary/aromatic N) is 2. The van der Waals surface area contributed by atoms with E-state index in [2.05, 4.69) is 15.4 Å². The second-order valence-corrected chi connectivity index (χ2v) is 4.79. The molecule has 2 rings (SSSR count). The van der Waals surface area contributed by atoms with Gasteiger partial charge in [-0.15, -0.1) is 0 Å². The number of hydrogen-bond acceptors (Lipinski definition) is 4. The van der Waals surface area contributed by atoms with Gasteiger partial charge in [0.25, 0.3) is 14.1 Å². The van der Waals surface area contributed by atoms with Gasteiger partial charge in [0.2, 0.25) is 5.95 Å². The Bertz CT molecular complexity index is 460. The van der Waals surface area contributed by atoms with E-state index in [4.69, 9.17) is 10.6 Å². The van der Waals surface area contributed by atoms with Gasteiger partial charge in [-0.1, -0.05) is 0 Å². The number of hydrogen-bond donors (Lipinski definition) is 4. The van der Waals surface area contributed by atoms with E-state index in [1.54, 1.807) is 10.8 Å². The van der Waals surface area contributed by atoms with Crippen molar-refractivity contribution >= 4 is 20.0 Å². The minimum absolute atomic E-state index is 0.0201. The molecule has 1 amide bonds. The van der Waals surface area contributed by atoms with Gasteiger partial charge in [-0.25, -0.2) is 10.1 Å². The van der Waals surface area contributed by atoms with Crippen molar-refractivity contribution in [1.29, 1.82) is 0 Å². The zero-order valence-corrected chi connectivity index (χ0v) is 10.0. The summed E-state index contributed by atoms with van der Waals surface area (Å²) in [5, 5.41) is 5.56. The molecule has 1 aromatic rings. The number of aromatic nitrogens is 2. The number of nitrogens with one attached hydrogen (secondary N) is 2. The van der Waals surface area contributed by atoms with Crippen molar-refractivity contribution in [2.75, 3.05) is 11.9 Å². The smallest absolute Gasteiger partial charge is 0.268 e. The lowest BCUT2D eigenvalue weighted by Crippen LogP contribution is -2.35. The van der Waals surface area contributed by atoms with E-state index in [0.717, 1.165) is 6.42 Å². The number of primary amides is 1. The van der Waals surface area contributed by atoms with Crippen molar-refractivity contribution in [3.8, 4) is 0 Å². The van der Waals surface area contributed by atoms with Crippen LogP contribution in [0.25, 0.3) is 0 Å². The first-order valence-corrected chi connectivity index (χ1v) is 6.52. The summed E-state index contributed by atoms with van der Waals surface area (Å²) in [6.45, 7) is 1.08. The van der Waals surface area contributed by atoms with Gasteiger partial charge in [-0.05, 0) is 6.42 Å². The minimum Gasteiger partial charge on any atom is -0.364 e. The molecule has 2 heterocycles. The molecule has 2 unspecified atom stereocenters. The van der Waals surface area contributed by atoms with Gasteiger partial charge in [0.05, 0.1) is 0 Å². The Morgan fingerprint density at radius 1 is 1.82 bits per heavy atom. The predicted molar refractivity (Wildman–Crippen MR) is 62.0 cm³/mol. The first-order valence-electron chi connectivity index (χ1n) is 5.16. The number of nitrogens with two attached hydrogens (primary N) is 1. The average molecular weight is 259 g/mol. The summed E-state index contributed by atoms with van der Waals surface area (Å²) in [7, 11) is -2.66. The zero-order valence-electron chi connectivity index (χ0n) is 9.01. The largest absolute Gasteiger partial charge is 0.364 e. The molecule has 17 heavy (non-hydrogen) atoms. The normalized spacial score (nSPS) is 20.4. The molecule has 0 saturated carbocycles. The summed E-state index contributed by atoms with van der Waals surface area (Å²) in [6, 6.07) is 0.0201. The summed E-state index contributed by atoms with van der Waals surface area (Å²) < 4.78 is 12.3. The molecule has 0 radical (unpaired) electrons. The highest BCUT2D eigenvalue weighted by molar-refractivity contribution is 7.35. The highest BCUT2D eigenvalue weighted by Gasteiger charge is 2.20. The van der Waals surface area contributed by atoms with Gasteiger partial charge in [-0.2, -0.15) is 0 Å². The Kier molecular flexibility index (Phi) is 3.46. The van der Waals surface area contributed by atoms with E-state index in [1.165, 1.54) is 0 Å². The Labute approximate surface area is 98.1 Å². The molecule has 0 saturated heterocycles. The summed E-state index contributed by atoms with van der Waals surface area (Å²) in [6.07, 6.45) is 2.38. The summed E-state index contributed by atoms with van der Waals surface area (Å²) in [4.78, 5) is 23.7. The van der Waals surface area contributed by atoms with E-state index in [1.807, 2.05) is 0 Å². The van der Waals surface area contributed by atoms with Crippen molar-refractivity contribution in [3.05, 3.63) is 11.9 Å². The van der Waals surface area contributed by atoms with Crippen molar-refractivity contribution in [1.82, 2.24) is 14.6 Å². The van der Waals surface area contributed by atoms with E-state index in [-0.39, 0.29) is 11.7 Å². The lowest BCUT2D eigenvalue weighted by Gasteiger charge is -2.25. The number of carbonyl (C=O) groups is 1. The molecule has 1 aliphatic rings. The maximum atomic E-state index is 11.0. The molecule has 5 N–H and O–H groups in total. The molecule has 0 spiro atoms. The molecule has 1 aliphatic heterocycles. The fraction of sp³-hybridized carbons (Fsp3) is 0.500. The molecule has 0 bridgehead atoms. The van der Waals surface area contributed by atoms with Crippen LogP contribution in [0.15, 0.2) is 6.20 Å². The number of amides is 1. The van der Waals surface area contributed by atoms with Crippen LogP contribution >= 0.6 is 8.18 Å².